The Morgan fingerprint density at radius 1 is 0.458 bits per heavy atom. The van der Waals surface area contributed by atoms with Gasteiger partial charge in [-0.25, -0.2) is 43.9 Å². The lowest BCUT2D eigenvalue weighted by Gasteiger charge is -2.08. The van der Waals surface area contributed by atoms with Gasteiger partial charge in [0.05, 0.1) is 21.6 Å². The van der Waals surface area contributed by atoms with E-state index >= 15 is 0 Å². The maximum Gasteiger partial charge on any atom is 0.206 e. The van der Waals surface area contributed by atoms with E-state index in [4.69, 9.17) is 6.57 Å². The third-order valence-corrected chi connectivity index (χ3v) is 8.11. The standard InChI is InChI=1S/C34H8F10N4/c1-46-48-34-18-7-12(22-25(37)29(41)32(44)30(42)26(22)38)3-5-14(18)16-8-19-15(9-20(16)34)13-4-2-11(6-17(13)33(19)47-10-45)21-23(35)27(39)31(43)28(40)24(21)36/h2-9H/b47-33?,48-34-. The van der Waals surface area contributed by atoms with E-state index in [9.17, 15) is 49.2 Å². The summed E-state index contributed by atoms with van der Waals surface area (Å²) >= 11 is 0. The van der Waals surface area contributed by atoms with Gasteiger partial charge in [0.25, 0.3) is 0 Å². The Morgan fingerprint density at radius 3 is 1.21 bits per heavy atom. The van der Waals surface area contributed by atoms with Gasteiger partial charge in [0.15, 0.2) is 51.9 Å². The van der Waals surface area contributed by atoms with Crippen LogP contribution in [0.3, 0.4) is 0 Å². The van der Waals surface area contributed by atoms with Crippen LogP contribution in [0.15, 0.2) is 58.6 Å². The van der Waals surface area contributed by atoms with Gasteiger partial charge in [0, 0.05) is 21.5 Å². The summed E-state index contributed by atoms with van der Waals surface area (Å²) in [5, 5.41) is 15.3. The van der Waals surface area contributed by atoms with Crippen molar-refractivity contribution in [3.05, 3.63) is 129 Å². The largest absolute Gasteiger partial charge is 0.206 e. The average molecular weight is 662 g/mol. The Morgan fingerprint density at radius 2 is 0.812 bits per heavy atom. The highest BCUT2D eigenvalue weighted by atomic mass is 19.2. The fourth-order valence-electron chi connectivity index (χ4n) is 6.03. The minimum Gasteiger partial charge on any atom is -0.203 e. The predicted octanol–water partition coefficient (Wildman–Crippen LogP) is 9.02. The molecule has 0 aliphatic carbocycles. The smallest absolute Gasteiger partial charge is 0.203 e. The van der Waals surface area contributed by atoms with E-state index in [2.05, 4.69) is 15.0 Å². The number of benzene rings is 5. The zero-order chi connectivity index (χ0) is 34.3. The molecular formula is C34H8F10N4. The lowest BCUT2D eigenvalue weighted by atomic mass is 10.0. The van der Waals surface area contributed by atoms with Gasteiger partial charge in [-0.15, -0.1) is 4.95 Å². The van der Waals surface area contributed by atoms with Crippen molar-refractivity contribution in [2.75, 3.05) is 0 Å². The molecule has 4 nitrogen and oxygen atoms in total. The van der Waals surface area contributed by atoms with E-state index < -0.39 is 80.4 Å². The molecule has 0 amide bonds. The maximum atomic E-state index is 14.7. The summed E-state index contributed by atoms with van der Waals surface area (Å²) in [5.74, 6) is -21.5. The van der Waals surface area contributed by atoms with Crippen molar-refractivity contribution in [3.63, 3.8) is 0 Å². The van der Waals surface area contributed by atoms with Gasteiger partial charge >= 0.3 is 0 Å². The molecular weight excluding hydrogens is 654 g/mol. The van der Waals surface area contributed by atoms with Crippen LogP contribution in [0.2, 0.25) is 0 Å². The molecule has 0 aromatic heterocycles. The average Bonchev–Trinajstić information content (AvgIpc) is 3.55. The molecule has 0 unspecified atom stereocenters. The Labute approximate surface area is 259 Å². The second-order valence-electron chi connectivity index (χ2n) is 10.5. The molecule has 7 rings (SSSR count). The van der Waals surface area contributed by atoms with Gasteiger partial charge in [0.1, 0.15) is 0 Å². The summed E-state index contributed by atoms with van der Waals surface area (Å²) in [4.78, 5) is 6.88. The molecule has 0 fully saturated rings. The Hall–Kier alpha value is -6.28. The lowest BCUT2D eigenvalue weighted by Crippen LogP contribution is -2.04. The summed E-state index contributed by atoms with van der Waals surface area (Å²) < 4.78 is 142. The normalized spacial score (nSPS) is 12.6. The zero-order valence-electron chi connectivity index (χ0n) is 23.2. The quantitative estimate of drug-likeness (QED) is 0.0456. The molecule has 0 aliphatic heterocycles. The Bertz CT molecular complexity index is 2570. The van der Waals surface area contributed by atoms with Crippen LogP contribution in [0.5, 0.6) is 0 Å². The molecule has 0 bridgehead atoms. The molecule has 48 heavy (non-hydrogen) atoms. The summed E-state index contributed by atoms with van der Waals surface area (Å²) in [6.07, 6.45) is 1.61. The highest BCUT2D eigenvalue weighted by molar-refractivity contribution is 6.21. The van der Waals surface area contributed by atoms with Crippen LogP contribution in [0, 0.1) is 76.2 Å². The maximum absolute atomic E-state index is 14.7. The van der Waals surface area contributed by atoms with Crippen LogP contribution in [0.25, 0.3) is 70.3 Å². The van der Waals surface area contributed by atoms with Gasteiger partial charge in [-0.2, -0.15) is 16.8 Å². The fourth-order valence-corrected chi connectivity index (χ4v) is 6.03. The van der Waals surface area contributed by atoms with E-state index in [1.165, 1.54) is 24.3 Å². The summed E-state index contributed by atoms with van der Waals surface area (Å²) in [6, 6.07) is 10.1. The second kappa shape index (κ2) is 10.6. The summed E-state index contributed by atoms with van der Waals surface area (Å²) in [7, 11) is 0. The Kier molecular flexibility index (Phi) is 6.73. The minimum atomic E-state index is -2.33. The molecule has 14 heteroatoms. The first-order valence-electron chi connectivity index (χ1n) is 13.3. The highest BCUT2D eigenvalue weighted by Gasteiger charge is 2.29. The number of hydrogen-bond donors (Lipinski definition) is 0. The number of hydrogen-bond acceptors (Lipinski definition) is 3. The van der Waals surface area contributed by atoms with E-state index in [0.717, 1.165) is 24.3 Å². The molecule has 0 saturated heterocycles. The number of rotatable bonds is 2. The van der Waals surface area contributed by atoms with Crippen molar-refractivity contribution in [1.29, 1.82) is 5.26 Å². The van der Waals surface area contributed by atoms with Crippen molar-refractivity contribution in [1.82, 2.24) is 0 Å². The van der Waals surface area contributed by atoms with E-state index in [0.29, 0.717) is 21.5 Å². The number of nitrogens with zero attached hydrogens (tertiary/aromatic N) is 4. The van der Waals surface area contributed by atoms with Crippen LogP contribution < -0.4 is 10.7 Å². The molecule has 7 aromatic rings. The molecule has 0 spiro atoms. The Balaban J connectivity index is 1.55. The van der Waals surface area contributed by atoms with Crippen molar-refractivity contribution in [2.45, 2.75) is 0 Å². The molecule has 0 radical (unpaired) electrons. The zero-order valence-corrected chi connectivity index (χ0v) is 23.2. The van der Waals surface area contributed by atoms with Crippen LogP contribution >= 0.6 is 0 Å². The highest BCUT2D eigenvalue weighted by Crippen LogP contribution is 2.38. The monoisotopic (exact) mass is 662 g/mol. The van der Waals surface area contributed by atoms with Crippen LogP contribution in [-0.2, 0) is 0 Å². The van der Waals surface area contributed by atoms with Crippen molar-refractivity contribution in [3.8, 4) is 28.4 Å². The van der Waals surface area contributed by atoms with E-state index in [1.807, 2.05) is 0 Å². The summed E-state index contributed by atoms with van der Waals surface area (Å²) in [6.45, 7) is 7.34. The van der Waals surface area contributed by atoms with Gasteiger partial charge in [-0.05, 0) is 56.9 Å². The lowest BCUT2D eigenvalue weighted by molar-refractivity contribution is 0.381. The molecule has 0 saturated carbocycles. The van der Waals surface area contributed by atoms with Crippen molar-refractivity contribution < 1.29 is 43.9 Å². The molecule has 0 heterocycles. The summed E-state index contributed by atoms with van der Waals surface area (Å²) in [5.41, 5.74) is -3.21. The molecule has 7 aromatic carbocycles. The van der Waals surface area contributed by atoms with Crippen LogP contribution in [-0.4, -0.2) is 0 Å². The molecule has 234 valence electrons. The van der Waals surface area contributed by atoms with E-state index in [-0.39, 0.29) is 32.3 Å². The first-order chi connectivity index (χ1) is 22.9. The van der Waals surface area contributed by atoms with Gasteiger partial charge in [-0.1, -0.05) is 24.3 Å². The number of halogens is 10. The van der Waals surface area contributed by atoms with Gasteiger partial charge in [-0.3, -0.25) is 0 Å². The topological polar surface area (TPSA) is 52.9 Å². The first-order valence-corrected chi connectivity index (χ1v) is 13.3. The molecule has 0 atom stereocenters. The predicted molar refractivity (Wildman–Crippen MR) is 153 cm³/mol. The third kappa shape index (κ3) is 4.02. The number of fused-ring (bicyclic) bond motifs is 6. The van der Waals surface area contributed by atoms with Crippen LogP contribution in [0.1, 0.15) is 0 Å². The fraction of sp³-hybridized carbons (Fsp3) is 0. The number of nitriles is 1. The van der Waals surface area contributed by atoms with Crippen molar-refractivity contribution >= 4 is 43.1 Å². The second-order valence-corrected chi connectivity index (χ2v) is 10.5. The molecule has 0 N–H and O–H groups in total. The molecule has 0 aliphatic rings. The van der Waals surface area contributed by atoms with Crippen LogP contribution in [0.4, 0.5) is 43.9 Å². The SMILES string of the molecule is [C-]#[N+]/N=c1/c2cc(-c3c(F)c(F)c(F)c(F)c3F)ccc2c2cc3c(=NC#N)c4cc(-c5c(F)c(F)c(F)c(F)c5F)ccc4c3cc12. The van der Waals surface area contributed by atoms with Gasteiger partial charge in [0.2, 0.25) is 17.8 Å². The minimum absolute atomic E-state index is 0.0335. The van der Waals surface area contributed by atoms with Crippen molar-refractivity contribution in [2.24, 2.45) is 10.1 Å². The third-order valence-electron chi connectivity index (χ3n) is 8.11. The first kappa shape index (κ1) is 30.4. The van der Waals surface area contributed by atoms with Gasteiger partial charge < -0.3 is 0 Å². The van der Waals surface area contributed by atoms with E-state index in [1.54, 1.807) is 6.19 Å².